The molecule has 6 heteroatoms. The Morgan fingerprint density at radius 1 is 1.50 bits per heavy atom. The molecule has 0 saturated heterocycles. The number of aryl methyl sites for hydroxylation is 1. The fraction of sp³-hybridized carbons (Fsp3) is 0.667. The number of aromatic amines is 1. The normalized spacial score (nSPS) is 12.8. The Hall–Kier alpha value is -1.07. The molecule has 0 saturated carbocycles. The Balaban J connectivity index is 2.76. The molecule has 18 heavy (non-hydrogen) atoms. The molecule has 1 atom stereocenters. The molecule has 0 aromatic carbocycles. The zero-order valence-electron chi connectivity index (χ0n) is 11.4. The molecule has 0 bridgehead atoms. The summed E-state index contributed by atoms with van der Waals surface area (Å²) in [6.07, 6.45) is 2.19. The third kappa shape index (κ3) is 3.99. The summed E-state index contributed by atoms with van der Waals surface area (Å²) in [5.74, 6) is 1.02. The fourth-order valence-corrected chi connectivity index (χ4v) is 1.94. The van der Waals surface area contributed by atoms with Gasteiger partial charge in [-0.25, -0.2) is 4.98 Å². The maximum absolute atomic E-state index is 11.5. The van der Waals surface area contributed by atoms with Crippen LogP contribution in [-0.4, -0.2) is 41.5 Å². The Labute approximate surface area is 113 Å². The molecule has 2 N–H and O–H groups in total. The van der Waals surface area contributed by atoms with E-state index < -0.39 is 0 Å². The predicted octanol–water partition coefficient (Wildman–Crippen LogP) is 1.87. The van der Waals surface area contributed by atoms with Gasteiger partial charge in [-0.05, 0) is 27.4 Å². The highest BCUT2D eigenvalue weighted by atomic mass is 35.5. The zero-order chi connectivity index (χ0) is 13.7. The fourth-order valence-electron chi connectivity index (χ4n) is 1.78. The molecule has 0 aliphatic carbocycles. The maximum Gasteiger partial charge on any atom is 0.271 e. The second-order valence-electron chi connectivity index (χ2n) is 4.60. The third-order valence-corrected chi connectivity index (χ3v) is 3.19. The van der Waals surface area contributed by atoms with E-state index in [-0.39, 0.29) is 10.6 Å². The molecule has 5 nitrogen and oxygen atoms in total. The average Bonchev–Trinajstić information content (AvgIpc) is 2.29. The van der Waals surface area contributed by atoms with Crippen LogP contribution in [0.15, 0.2) is 4.79 Å². The van der Waals surface area contributed by atoms with E-state index in [1.807, 2.05) is 14.1 Å². The summed E-state index contributed by atoms with van der Waals surface area (Å²) >= 11 is 5.92. The lowest BCUT2D eigenvalue weighted by molar-refractivity contribution is 0.288. The second-order valence-corrected chi connectivity index (χ2v) is 4.98. The first-order valence-corrected chi connectivity index (χ1v) is 6.50. The van der Waals surface area contributed by atoms with E-state index in [4.69, 9.17) is 11.6 Å². The van der Waals surface area contributed by atoms with Gasteiger partial charge in [0.25, 0.3) is 5.56 Å². The van der Waals surface area contributed by atoms with Gasteiger partial charge >= 0.3 is 0 Å². The minimum Gasteiger partial charge on any atom is -0.367 e. The number of H-pyrrole nitrogens is 1. The summed E-state index contributed by atoms with van der Waals surface area (Å²) in [4.78, 5) is 20.4. The molecule has 0 fully saturated rings. The first-order valence-electron chi connectivity index (χ1n) is 6.12. The summed E-state index contributed by atoms with van der Waals surface area (Å²) in [5, 5.41) is 3.28. The van der Waals surface area contributed by atoms with Crippen molar-refractivity contribution in [1.29, 1.82) is 0 Å². The molecule has 1 rings (SSSR count). The Morgan fingerprint density at radius 2 is 2.17 bits per heavy atom. The minimum atomic E-state index is -0.302. The van der Waals surface area contributed by atoms with Gasteiger partial charge in [-0.15, -0.1) is 0 Å². The van der Waals surface area contributed by atoms with Crippen molar-refractivity contribution in [2.75, 3.05) is 26.0 Å². The highest BCUT2D eigenvalue weighted by molar-refractivity contribution is 6.32. The Bertz CT molecular complexity index is 444. The number of hydrogen-bond acceptors (Lipinski definition) is 4. The first kappa shape index (κ1) is 15.0. The number of likely N-dealkylation sites (N-methyl/N-ethyl adjacent to an activating group) is 1. The van der Waals surface area contributed by atoms with Crippen molar-refractivity contribution in [3.63, 3.8) is 0 Å². The van der Waals surface area contributed by atoms with Gasteiger partial charge in [0.05, 0.1) is 0 Å². The molecular formula is C12H21ClN4O. The maximum atomic E-state index is 11.5. The lowest BCUT2D eigenvalue weighted by atomic mass is 10.1. The van der Waals surface area contributed by atoms with E-state index >= 15 is 0 Å². The molecule has 1 aromatic heterocycles. The summed E-state index contributed by atoms with van der Waals surface area (Å²) in [7, 11) is 4.08. The molecule has 0 spiro atoms. The van der Waals surface area contributed by atoms with Gasteiger partial charge in [-0.2, -0.15) is 0 Å². The highest BCUT2D eigenvalue weighted by Crippen LogP contribution is 2.14. The minimum absolute atomic E-state index is 0.120. The predicted molar refractivity (Wildman–Crippen MR) is 75.5 cm³/mol. The van der Waals surface area contributed by atoms with E-state index in [0.717, 1.165) is 19.4 Å². The van der Waals surface area contributed by atoms with Gasteiger partial charge in [0.2, 0.25) is 0 Å². The highest BCUT2D eigenvalue weighted by Gasteiger charge is 2.13. The van der Waals surface area contributed by atoms with Gasteiger partial charge in [-0.3, -0.25) is 4.79 Å². The van der Waals surface area contributed by atoms with E-state index in [1.54, 1.807) is 6.92 Å². The summed E-state index contributed by atoms with van der Waals surface area (Å²) in [6, 6.07) is 0.396. The van der Waals surface area contributed by atoms with E-state index in [9.17, 15) is 4.79 Å². The SMILES string of the molecule is CCCC(CNc1nc(C)[nH]c(=O)c1Cl)N(C)C. The molecular weight excluding hydrogens is 252 g/mol. The van der Waals surface area contributed by atoms with Crippen LogP contribution in [0, 0.1) is 6.92 Å². The van der Waals surface area contributed by atoms with Crippen LogP contribution in [0.4, 0.5) is 5.82 Å². The smallest absolute Gasteiger partial charge is 0.271 e. The first-order chi connectivity index (χ1) is 8.45. The number of nitrogens with one attached hydrogen (secondary N) is 2. The number of hydrogen-bond donors (Lipinski definition) is 2. The van der Waals surface area contributed by atoms with Crippen LogP contribution < -0.4 is 10.9 Å². The molecule has 102 valence electrons. The van der Waals surface area contributed by atoms with Crippen molar-refractivity contribution in [2.24, 2.45) is 0 Å². The van der Waals surface area contributed by atoms with Crippen molar-refractivity contribution in [1.82, 2.24) is 14.9 Å². The van der Waals surface area contributed by atoms with E-state index in [1.165, 1.54) is 0 Å². The van der Waals surface area contributed by atoms with Gasteiger partial charge < -0.3 is 15.2 Å². The molecule has 0 aliphatic heterocycles. The van der Waals surface area contributed by atoms with Crippen molar-refractivity contribution >= 4 is 17.4 Å². The van der Waals surface area contributed by atoms with Crippen molar-refractivity contribution in [2.45, 2.75) is 32.7 Å². The lowest BCUT2D eigenvalue weighted by Gasteiger charge is -2.24. The second kappa shape index (κ2) is 6.75. The molecule has 1 aromatic rings. The van der Waals surface area contributed by atoms with E-state index in [2.05, 4.69) is 27.1 Å². The average molecular weight is 273 g/mol. The monoisotopic (exact) mass is 272 g/mol. The largest absolute Gasteiger partial charge is 0.367 e. The Kier molecular flexibility index (Phi) is 5.62. The van der Waals surface area contributed by atoms with Crippen molar-refractivity contribution in [3.8, 4) is 0 Å². The summed E-state index contributed by atoms with van der Waals surface area (Å²) in [5.41, 5.74) is -0.302. The molecule has 0 aliphatic rings. The van der Waals surface area contributed by atoms with Crippen LogP contribution >= 0.6 is 11.6 Å². The van der Waals surface area contributed by atoms with Crippen LogP contribution in [-0.2, 0) is 0 Å². The van der Waals surface area contributed by atoms with Crippen molar-refractivity contribution in [3.05, 3.63) is 21.2 Å². The van der Waals surface area contributed by atoms with Gasteiger partial charge in [0, 0.05) is 12.6 Å². The van der Waals surface area contributed by atoms with Crippen LogP contribution in [0.25, 0.3) is 0 Å². The molecule has 1 heterocycles. The van der Waals surface area contributed by atoms with Gasteiger partial charge in [0.15, 0.2) is 5.82 Å². The van der Waals surface area contributed by atoms with Crippen molar-refractivity contribution < 1.29 is 0 Å². The van der Waals surface area contributed by atoms with Crippen LogP contribution in [0.5, 0.6) is 0 Å². The standard InChI is InChI=1S/C12H21ClN4O/c1-5-6-9(17(3)4)7-14-11-10(13)12(18)16-8(2)15-11/h9H,5-7H2,1-4H3,(H2,14,15,16,18). The van der Waals surface area contributed by atoms with Gasteiger partial charge in [-0.1, -0.05) is 24.9 Å². The molecule has 0 amide bonds. The number of halogens is 1. The number of aromatic nitrogens is 2. The van der Waals surface area contributed by atoms with Crippen LogP contribution in [0.2, 0.25) is 5.02 Å². The Morgan fingerprint density at radius 3 is 2.72 bits per heavy atom. The lowest BCUT2D eigenvalue weighted by Crippen LogP contribution is -2.34. The quantitative estimate of drug-likeness (QED) is 0.830. The van der Waals surface area contributed by atoms with Crippen LogP contribution in [0.3, 0.4) is 0 Å². The number of rotatable bonds is 6. The summed E-state index contributed by atoms with van der Waals surface area (Å²) in [6.45, 7) is 4.61. The third-order valence-electron chi connectivity index (χ3n) is 2.84. The molecule has 0 radical (unpaired) electrons. The van der Waals surface area contributed by atoms with Crippen LogP contribution in [0.1, 0.15) is 25.6 Å². The molecule has 1 unspecified atom stereocenters. The topological polar surface area (TPSA) is 61.0 Å². The zero-order valence-corrected chi connectivity index (χ0v) is 12.1. The van der Waals surface area contributed by atoms with Gasteiger partial charge in [0.1, 0.15) is 10.8 Å². The van der Waals surface area contributed by atoms with E-state index in [0.29, 0.717) is 17.7 Å². The summed E-state index contributed by atoms with van der Waals surface area (Å²) < 4.78 is 0. The number of anilines is 1. The number of nitrogens with zero attached hydrogens (tertiary/aromatic N) is 2.